The van der Waals surface area contributed by atoms with Gasteiger partial charge in [0.15, 0.2) is 12.1 Å². The van der Waals surface area contributed by atoms with E-state index in [4.69, 9.17) is 9.15 Å². The second-order valence-electron chi connectivity index (χ2n) is 3.99. The van der Waals surface area contributed by atoms with E-state index in [0.717, 1.165) is 0 Å². The average Bonchev–Trinajstić information content (AvgIpc) is 2.84. The van der Waals surface area contributed by atoms with Crippen LogP contribution in [0.15, 0.2) is 41.3 Å². The second kappa shape index (κ2) is 5.35. The molecule has 0 unspecified atom stereocenters. The molecule has 1 amide bonds. The SMILES string of the molecule is CC(C)Oc1ccccc1NC(=O)c1cocn1. The summed E-state index contributed by atoms with van der Waals surface area (Å²) in [5, 5.41) is 2.73. The molecule has 0 atom stereocenters. The summed E-state index contributed by atoms with van der Waals surface area (Å²) in [6, 6.07) is 7.25. The van der Waals surface area contributed by atoms with Gasteiger partial charge in [-0.25, -0.2) is 4.98 Å². The zero-order valence-electron chi connectivity index (χ0n) is 10.2. The van der Waals surface area contributed by atoms with Crippen LogP contribution in [0.1, 0.15) is 24.3 Å². The van der Waals surface area contributed by atoms with E-state index in [-0.39, 0.29) is 17.7 Å². The summed E-state index contributed by atoms with van der Waals surface area (Å²) in [4.78, 5) is 15.6. The van der Waals surface area contributed by atoms with E-state index in [1.807, 2.05) is 26.0 Å². The van der Waals surface area contributed by atoms with Gasteiger partial charge >= 0.3 is 0 Å². The third-order valence-electron chi connectivity index (χ3n) is 2.16. The lowest BCUT2D eigenvalue weighted by Crippen LogP contribution is -2.14. The van der Waals surface area contributed by atoms with Gasteiger partial charge < -0.3 is 14.5 Å². The Balaban J connectivity index is 2.16. The number of nitrogens with one attached hydrogen (secondary N) is 1. The van der Waals surface area contributed by atoms with Crippen molar-refractivity contribution >= 4 is 11.6 Å². The molecule has 0 aliphatic heterocycles. The van der Waals surface area contributed by atoms with Crippen LogP contribution in [0.3, 0.4) is 0 Å². The summed E-state index contributed by atoms with van der Waals surface area (Å²) < 4.78 is 10.4. The van der Waals surface area contributed by atoms with Crippen LogP contribution in [0.2, 0.25) is 0 Å². The molecular weight excluding hydrogens is 232 g/mol. The van der Waals surface area contributed by atoms with E-state index >= 15 is 0 Å². The van der Waals surface area contributed by atoms with E-state index < -0.39 is 0 Å². The van der Waals surface area contributed by atoms with Gasteiger partial charge in [-0.1, -0.05) is 12.1 Å². The Morgan fingerprint density at radius 3 is 2.83 bits per heavy atom. The molecule has 0 spiro atoms. The van der Waals surface area contributed by atoms with Crippen molar-refractivity contribution in [3.8, 4) is 5.75 Å². The minimum atomic E-state index is -0.330. The minimum absolute atomic E-state index is 0.0371. The number of carbonyl (C=O) groups is 1. The summed E-state index contributed by atoms with van der Waals surface area (Å²) in [6.45, 7) is 3.85. The monoisotopic (exact) mass is 246 g/mol. The zero-order valence-corrected chi connectivity index (χ0v) is 10.2. The van der Waals surface area contributed by atoms with Gasteiger partial charge in [-0.05, 0) is 26.0 Å². The predicted molar refractivity (Wildman–Crippen MR) is 66.7 cm³/mol. The van der Waals surface area contributed by atoms with Crippen molar-refractivity contribution in [3.63, 3.8) is 0 Å². The number of amides is 1. The largest absolute Gasteiger partial charge is 0.489 e. The van der Waals surface area contributed by atoms with Gasteiger partial charge in [0.2, 0.25) is 0 Å². The van der Waals surface area contributed by atoms with Gasteiger partial charge in [-0.2, -0.15) is 0 Å². The number of hydrogen-bond acceptors (Lipinski definition) is 4. The van der Waals surface area contributed by atoms with Crippen LogP contribution in [0.25, 0.3) is 0 Å². The van der Waals surface area contributed by atoms with Crippen LogP contribution in [-0.4, -0.2) is 17.0 Å². The predicted octanol–water partition coefficient (Wildman–Crippen LogP) is 2.71. The topological polar surface area (TPSA) is 64.4 Å². The van der Waals surface area contributed by atoms with Crippen molar-refractivity contribution in [2.75, 3.05) is 5.32 Å². The smallest absolute Gasteiger partial charge is 0.277 e. The molecule has 0 fully saturated rings. The van der Waals surface area contributed by atoms with Gasteiger partial charge in [-0.3, -0.25) is 4.79 Å². The third kappa shape index (κ3) is 2.88. The van der Waals surface area contributed by atoms with Gasteiger partial charge in [-0.15, -0.1) is 0 Å². The van der Waals surface area contributed by atoms with Crippen LogP contribution >= 0.6 is 0 Å². The maximum atomic E-state index is 11.8. The van der Waals surface area contributed by atoms with E-state index in [1.54, 1.807) is 12.1 Å². The summed E-state index contributed by atoms with van der Waals surface area (Å²) in [7, 11) is 0. The molecule has 1 heterocycles. The van der Waals surface area contributed by atoms with E-state index in [2.05, 4.69) is 10.3 Å². The number of benzene rings is 1. The van der Waals surface area contributed by atoms with Crippen molar-refractivity contribution in [2.24, 2.45) is 0 Å². The van der Waals surface area contributed by atoms with Gasteiger partial charge in [0, 0.05) is 0 Å². The summed E-state index contributed by atoms with van der Waals surface area (Å²) in [5.41, 5.74) is 0.841. The van der Waals surface area contributed by atoms with E-state index in [0.29, 0.717) is 11.4 Å². The summed E-state index contributed by atoms with van der Waals surface area (Å²) in [5.74, 6) is 0.299. The Morgan fingerprint density at radius 2 is 2.17 bits per heavy atom. The van der Waals surface area contributed by atoms with Crippen molar-refractivity contribution in [1.82, 2.24) is 4.98 Å². The Labute approximate surface area is 105 Å². The first-order valence-corrected chi connectivity index (χ1v) is 5.62. The molecule has 18 heavy (non-hydrogen) atoms. The molecule has 0 aliphatic carbocycles. The van der Waals surface area contributed by atoms with Crippen molar-refractivity contribution < 1.29 is 13.9 Å². The van der Waals surface area contributed by atoms with Crippen LogP contribution in [-0.2, 0) is 0 Å². The first kappa shape index (κ1) is 12.2. The Bertz CT molecular complexity index is 521. The Morgan fingerprint density at radius 1 is 1.39 bits per heavy atom. The fourth-order valence-corrected chi connectivity index (χ4v) is 1.44. The highest BCUT2D eigenvalue weighted by atomic mass is 16.5. The molecule has 5 heteroatoms. The molecule has 5 nitrogen and oxygen atoms in total. The highest BCUT2D eigenvalue weighted by Crippen LogP contribution is 2.25. The fraction of sp³-hybridized carbons (Fsp3) is 0.231. The molecule has 2 rings (SSSR count). The average molecular weight is 246 g/mol. The lowest BCUT2D eigenvalue weighted by molar-refractivity contribution is 0.102. The highest BCUT2D eigenvalue weighted by Gasteiger charge is 2.12. The molecule has 0 radical (unpaired) electrons. The number of oxazole rings is 1. The number of para-hydroxylation sites is 2. The number of ether oxygens (including phenoxy) is 1. The van der Waals surface area contributed by atoms with E-state index in [1.165, 1.54) is 12.7 Å². The number of rotatable bonds is 4. The molecule has 2 aromatic rings. The van der Waals surface area contributed by atoms with Crippen molar-refractivity contribution in [3.05, 3.63) is 42.6 Å². The number of carbonyl (C=O) groups excluding carboxylic acids is 1. The van der Waals surface area contributed by atoms with Gasteiger partial charge in [0.1, 0.15) is 12.0 Å². The molecular formula is C13H14N2O3. The molecule has 94 valence electrons. The number of aromatic nitrogens is 1. The Hall–Kier alpha value is -2.30. The van der Waals surface area contributed by atoms with Crippen molar-refractivity contribution in [1.29, 1.82) is 0 Å². The van der Waals surface area contributed by atoms with Crippen LogP contribution in [0.4, 0.5) is 5.69 Å². The molecule has 1 aromatic heterocycles. The molecule has 0 saturated heterocycles. The summed E-state index contributed by atoms with van der Waals surface area (Å²) >= 11 is 0. The maximum absolute atomic E-state index is 11.8. The quantitative estimate of drug-likeness (QED) is 0.900. The van der Waals surface area contributed by atoms with Crippen LogP contribution in [0.5, 0.6) is 5.75 Å². The fourth-order valence-electron chi connectivity index (χ4n) is 1.44. The molecule has 0 bridgehead atoms. The lowest BCUT2D eigenvalue weighted by Gasteiger charge is -2.14. The number of hydrogen-bond donors (Lipinski definition) is 1. The van der Waals surface area contributed by atoms with Crippen LogP contribution < -0.4 is 10.1 Å². The van der Waals surface area contributed by atoms with Gasteiger partial charge in [0.05, 0.1) is 11.8 Å². The third-order valence-corrected chi connectivity index (χ3v) is 2.16. The first-order valence-electron chi connectivity index (χ1n) is 5.62. The number of nitrogens with zero attached hydrogens (tertiary/aromatic N) is 1. The summed E-state index contributed by atoms with van der Waals surface area (Å²) in [6.07, 6.45) is 2.54. The molecule has 0 aliphatic rings. The first-order chi connectivity index (χ1) is 8.66. The van der Waals surface area contributed by atoms with Crippen LogP contribution in [0, 0.1) is 0 Å². The minimum Gasteiger partial charge on any atom is -0.489 e. The molecule has 0 saturated carbocycles. The zero-order chi connectivity index (χ0) is 13.0. The molecule has 1 N–H and O–H groups in total. The lowest BCUT2D eigenvalue weighted by atomic mass is 10.2. The Kier molecular flexibility index (Phi) is 3.62. The standard InChI is InChI=1S/C13H14N2O3/c1-9(2)18-12-6-4-3-5-10(12)15-13(16)11-7-17-8-14-11/h3-9H,1-2H3,(H,15,16). The molecule has 1 aromatic carbocycles. The van der Waals surface area contributed by atoms with Crippen molar-refractivity contribution in [2.45, 2.75) is 20.0 Å². The second-order valence-corrected chi connectivity index (χ2v) is 3.99. The maximum Gasteiger partial charge on any atom is 0.277 e. The van der Waals surface area contributed by atoms with Gasteiger partial charge in [0.25, 0.3) is 5.91 Å². The van der Waals surface area contributed by atoms with E-state index in [9.17, 15) is 4.79 Å². The number of anilines is 1. The highest BCUT2D eigenvalue weighted by molar-refractivity contribution is 6.03. The normalized spacial score (nSPS) is 10.4.